The number of carbonyl (C=O) groups excluding carboxylic acids is 3. The van der Waals surface area contributed by atoms with Crippen LogP contribution in [0.5, 0.6) is 0 Å². The van der Waals surface area contributed by atoms with Gasteiger partial charge in [-0.2, -0.15) is 10.4 Å². The van der Waals surface area contributed by atoms with Gasteiger partial charge in [0, 0.05) is 18.5 Å². The second kappa shape index (κ2) is 8.42. The van der Waals surface area contributed by atoms with Crippen molar-refractivity contribution in [1.82, 2.24) is 20.0 Å². The van der Waals surface area contributed by atoms with Crippen LogP contribution >= 0.6 is 0 Å². The number of halogens is 1. The zero-order chi connectivity index (χ0) is 23.0. The van der Waals surface area contributed by atoms with Crippen LogP contribution in [0.3, 0.4) is 0 Å². The standard InChI is InChI=1S/C22H23FN6O3/c1-3-20(30)25-11-28-10-12(2)29-19(22(28)32)8-18(27-29)14-5-4-13(9-24)6-17(14)26-21(31)15-7-16(15)23/h4-6,8,12,15-16H,3,7,10-11H2,1-2H3,(H,25,30)(H,26,31)/t12-,15-,16+/m0/s1. The third kappa shape index (κ3) is 4.06. The average molecular weight is 438 g/mol. The Kier molecular flexibility index (Phi) is 5.65. The van der Waals surface area contributed by atoms with Crippen molar-refractivity contribution in [3.63, 3.8) is 0 Å². The minimum absolute atomic E-state index is 0.111. The maximum atomic E-state index is 13.3. The van der Waals surface area contributed by atoms with Crippen molar-refractivity contribution < 1.29 is 18.8 Å². The van der Waals surface area contributed by atoms with Gasteiger partial charge < -0.3 is 15.5 Å². The first-order valence-corrected chi connectivity index (χ1v) is 10.5. The van der Waals surface area contributed by atoms with Gasteiger partial charge in [0.1, 0.15) is 11.9 Å². The fourth-order valence-electron chi connectivity index (χ4n) is 3.71. The Balaban J connectivity index is 1.64. The second-order valence-corrected chi connectivity index (χ2v) is 8.07. The number of nitrogens with one attached hydrogen (secondary N) is 2. The predicted molar refractivity (Wildman–Crippen MR) is 113 cm³/mol. The van der Waals surface area contributed by atoms with E-state index in [1.807, 2.05) is 13.0 Å². The van der Waals surface area contributed by atoms with Crippen LogP contribution in [-0.2, 0) is 9.59 Å². The van der Waals surface area contributed by atoms with E-state index in [9.17, 15) is 24.0 Å². The van der Waals surface area contributed by atoms with Crippen molar-refractivity contribution in [2.24, 2.45) is 5.92 Å². The Labute approximate surface area is 184 Å². The number of amides is 3. The molecule has 0 spiro atoms. The molecule has 0 saturated heterocycles. The van der Waals surface area contributed by atoms with E-state index >= 15 is 0 Å². The maximum absolute atomic E-state index is 13.3. The van der Waals surface area contributed by atoms with Gasteiger partial charge in [-0.25, -0.2) is 4.39 Å². The van der Waals surface area contributed by atoms with Gasteiger partial charge in [0.25, 0.3) is 5.91 Å². The number of rotatable bonds is 6. The molecule has 9 nitrogen and oxygen atoms in total. The van der Waals surface area contributed by atoms with E-state index in [1.54, 1.807) is 34.7 Å². The molecule has 1 aromatic heterocycles. The maximum Gasteiger partial charge on any atom is 0.273 e. The smallest absolute Gasteiger partial charge is 0.273 e. The summed E-state index contributed by atoms with van der Waals surface area (Å²) in [5, 5.41) is 19.2. The first-order valence-electron chi connectivity index (χ1n) is 10.5. The van der Waals surface area contributed by atoms with E-state index in [4.69, 9.17) is 0 Å². The average Bonchev–Trinajstić information content (AvgIpc) is 3.35. The summed E-state index contributed by atoms with van der Waals surface area (Å²) >= 11 is 0. The van der Waals surface area contributed by atoms with E-state index in [0.29, 0.717) is 41.2 Å². The molecular weight excluding hydrogens is 415 g/mol. The lowest BCUT2D eigenvalue weighted by Crippen LogP contribution is -2.47. The van der Waals surface area contributed by atoms with Gasteiger partial charge in [-0.3, -0.25) is 19.1 Å². The number of carbonyl (C=O) groups is 3. The highest BCUT2D eigenvalue weighted by atomic mass is 19.1. The third-order valence-electron chi connectivity index (χ3n) is 5.66. The number of hydrogen-bond acceptors (Lipinski definition) is 5. The number of hydrogen-bond donors (Lipinski definition) is 2. The largest absolute Gasteiger partial charge is 0.338 e. The topological polar surface area (TPSA) is 120 Å². The van der Waals surface area contributed by atoms with Gasteiger partial charge in [0.05, 0.1) is 41.6 Å². The van der Waals surface area contributed by atoms with E-state index in [0.717, 1.165) is 0 Å². The first-order chi connectivity index (χ1) is 15.3. The number of alkyl halides is 1. The van der Waals surface area contributed by atoms with Gasteiger partial charge in [0.2, 0.25) is 11.8 Å². The number of fused-ring (bicyclic) bond motifs is 1. The molecule has 4 rings (SSSR count). The van der Waals surface area contributed by atoms with Crippen LogP contribution in [0.25, 0.3) is 11.3 Å². The van der Waals surface area contributed by atoms with Crippen molar-refractivity contribution in [3.8, 4) is 17.3 Å². The Morgan fingerprint density at radius 2 is 2.09 bits per heavy atom. The van der Waals surface area contributed by atoms with Crippen molar-refractivity contribution >= 4 is 23.4 Å². The number of nitrogens with zero attached hydrogens (tertiary/aromatic N) is 4. The van der Waals surface area contributed by atoms with Crippen LogP contribution in [0.4, 0.5) is 10.1 Å². The van der Waals surface area contributed by atoms with Crippen LogP contribution in [-0.4, -0.2) is 51.8 Å². The Morgan fingerprint density at radius 1 is 1.34 bits per heavy atom. The molecule has 1 saturated carbocycles. The zero-order valence-electron chi connectivity index (χ0n) is 17.8. The second-order valence-electron chi connectivity index (χ2n) is 8.07. The fourth-order valence-corrected chi connectivity index (χ4v) is 3.71. The molecule has 2 heterocycles. The molecule has 1 aromatic carbocycles. The number of aromatic nitrogens is 2. The lowest BCUT2D eigenvalue weighted by molar-refractivity contribution is -0.121. The number of benzene rings is 1. The van der Waals surface area contributed by atoms with Crippen LogP contribution in [0, 0.1) is 17.2 Å². The molecule has 10 heteroatoms. The lowest BCUT2D eigenvalue weighted by atomic mass is 10.1. The SMILES string of the molecule is CCC(=O)NCN1C[C@H](C)n2nc(-c3ccc(C#N)cc3NC(=O)[C@H]3C[C@H]3F)cc2C1=O. The zero-order valence-corrected chi connectivity index (χ0v) is 17.8. The van der Waals surface area contributed by atoms with E-state index in [1.165, 1.54) is 6.07 Å². The molecule has 1 aliphatic carbocycles. The van der Waals surface area contributed by atoms with Gasteiger partial charge >= 0.3 is 0 Å². The van der Waals surface area contributed by atoms with Crippen LogP contribution in [0.2, 0.25) is 0 Å². The highest BCUT2D eigenvalue weighted by Gasteiger charge is 2.44. The van der Waals surface area contributed by atoms with Crippen molar-refractivity contribution in [2.45, 2.75) is 38.9 Å². The number of anilines is 1. The monoisotopic (exact) mass is 438 g/mol. The van der Waals surface area contributed by atoms with Crippen molar-refractivity contribution in [3.05, 3.63) is 35.5 Å². The Bertz CT molecular complexity index is 1140. The molecule has 2 N–H and O–H groups in total. The Hall–Kier alpha value is -3.74. The molecular formula is C22H23FN6O3. The summed E-state index contributed by atoms with van der Waals surface area (Å²) in [5.41, 5.74) is 2.02. The molecule has 1 aliphatic heterocycles. The minimum atomic E-state index is -1.14. The van der Waals surface area contributed by atoms with E-state index in [-0.39, 0.29) is 30.9 Å². The molecule has 0 unspecified atom stereocenters. The molecule has 3 amide bonds. The molecule has 32 heavy (non-hydrogen) atoms. The molecule has 0 radical (unpaired) electrons. The first kappa shape index (κ1) is 21.5. The summed E-state index contributed by atoms with van der Waals surface area (Å²) in [4.78, 5) is 38.4. The summed E-state index contributed by atoms with van der Waals surface area (Å²) < 4.78 is 14.9. The summed E-state index contributed by atoms with van der Waals surface area (Å²) in [6.45, 7) is 4.15. The molecule has 1 fully saturated rings. The summed E-state index contributed by atoms with van der Waals surface area (Å²) in [5.74, 6) is -1.54. The van der Waals surface area contributed by atoms with E-state index < -0.39 is 18.0 Å². The molecule has 2 aromatic rings. The van der Waals surface area contributed by atoms with Crippen LogP contribution in [0.15, 0.2) is 24.3 Å². The highest BCUT2D eigenvalue weighted by molar-refractivity contribution is 5.99. The normalized spacial score (nSPS) is 21.5. The summed E-state index contributed by atoms with van der Waals surface area (Å²) in [6, 6.07) is 8.27. The Morgan fingerprint density at radius 3 is 2.75 bits per heavy atom. The summed E-state index contributed by atoms with van der Waals surface area (Å²) in [7, 11) is 0. The molecule has 166 valence electrons. The van der Waals surface area contributed by atoms with Gasteiger partial charge in [0.15, 0.2) is 0 Å². The van der Waals surface area contributed by atoms with Crippen LogP contribution < -0.4 is 10.6 Å². The molecule has 2 aliphatic rings. The van der Waals surface area contributed by atoms with Gasteiger partial charge in [-0.15, -0.1) is 0 Å². The van der Waals surface area contributed by atoms with Gasteiger partial charge in [-0.05, 0) is 37.6 Å². The summed E-state index contributed by atoms with van der Waals surface area (Å²) in [6.07, 6.45) is -0.624. The highest BCUT2D eigenvalue weighted by Crippen LogP contribution is 2.37. The molecule has 3 atom stereocenters. The minimum Gasteiger partial charge on any atom is -0.338 e. The van der Waals surface area contributed by atoms with Gasteiger partial charge in [-0.1, -0.05) is 6.92 Å². The quantitative estimate of drug-likeness (QED) is 0.717. The predicted octanol–water partition coefficient (Wildman–Crippen LogP) is 2.22. The fraction of sp³-hybridized carbons (Fsp3) is 0.409. The van der Waals surface area contributed by atoms with Crippen LogP contribution in [0.1, 0.15) is 48.8 Å². The van der Waals surface area contributed by atoms with E-state index in [2.05, 4.69) is 15.7 Å². The molecule has 0 bridgehead atoms. The van der Waals surface area contributed by atoms with Crippen molar-refractivity contribution in [1.29, 1.82) is 5.26 Å². The number of nitriles is 1. The third-order valence-corrected chi connectivity index (χ3v) is 5.66. The lowest BCUT2D eigenvalue weighted by Gasteiger charge is -2.31. The van der Waals surface area contributed by atoms with Crippen molar-refractivity contribution in [2.75, 3.05) is 18.5 Å².